The number of benzene rings is 1. The van der Waals surface area contributed by atoms with E-state index in [4.69, 9.17) is 5.73 Å². The summed E-state index contributed by atoms with van der Waals surface area (Å²) in [4.78, 5) is 0.193. The second-order valence-corrected chi connectivity index (χ2v) is 6.68. The first kappa shape index (κ1) is 13.4. The van der Waals surface area contributed by atoms with Gasteiger partial charge in [0.15, 0.2) is 0 Å². The van der Waals surface area contributed by atoms with Gasteiger partial charge in [0, 0.05) is 6.04 Å². The summed E-state index contributed by atoms with van der Waals surface area (Å²) in [5, 5.41) is 0. The predicted octanol–water partition coefficient (Wildman–Crippen LogP) is 2.19. The molecule has 0 spiro atoms. The minimum absolute atomic E-state index is 0.0597. The van der Waals surface area contributed by atoms with E-state index in [0.717, 1.165) is 31.2 Å². The lowest BCUT2D eigenvalue weighted by atomic mass is 9.96. The van der Waals surface area contributed by atoms with Crippen LogP contribution in [-0.4, -0.2) is 14.5 Å². The van der Waals surface area contributed by atoms with E-state index in [-0.39, 0.29) is 10.9 Å². The first-order chi connectivity index (χ1) is 8.49. The molecule has 1 aliphatic rings. The topological polar surface area (TPSA) is 72.2 Å². The smallest absolute Gasteiger partial charge is 0.242 e. The number of nitrogens with two attached hydrogens (primary N) is 1. The lowest BCUT2D eigenvalue weighted by molar-refractivity contribution is 0.412. The van der Waals surface area contributed by atoms with Crippen molar-refractivity contribution in [2.75, 3.05) is 5.73 Å². The number of nitrogens with one attached hydrogen (secondary N) is 1. The third kappa shape index (κ3) is 3.03. The number of aryl methyl sites for hydroxylation is 1. The van der Waals surface area contributed by atoms with E-state index in [1.54, 1.807) is 18.2 Å². The number of sulfonamides is 1. The average molecular weight is 268 g/mol. The minimum Gasteiger partial charge on any atom is -0.398 e. The molecule has 0 atom stereocenters. The molecule has 0 heterocycles. The summed E-state index contributed by atoms with van der Waals surface area (Å²) in [6, 6.07) is 5.10. The first-order valence-corrected chi connectivity index (χ1v) is 7.86. The molecule has 5 heteroatoms. The van der Waals surface area contributed by atoms with Gasteiger partial charge in [-0.1, -0.05) is 25.3 Å². The molecule has 1 saturated carbocycles. The number of nitrogen functional groups attached to an aromatic ring is 1. The Morgan fingerprint density at radius 1 is 1.22 bits per heavy atom. The SMILES string of the molecule is Cc1ccc(S(=O)(=O)NC2CCCCC2)c(N)c1. The summed E-state index contributed by atoms with van der Waals surface area (Å²) in [7, 11) is -3.48. The van der Waals surface area contributed by atoms with Crippen LogP contribution in [-0.2, 0) is 10.0 Å². The highest BCUT2D eigenvalue weighted by Crippen LogP contribution is 2.23. The first-order valence-electron chi connectivity index (χ1n) is 6.37. The Kier molecular flexibility index (Phi) is 3.92. The molecule has 1 fully saturated rings. The molecule has 1 aromatic rings. The molecule has 3 N–H and O–H groups in total. The highest BCUT2D eigenvalue weighted by Gasteiger charge is 2.23. The Hall–Kier alpha value is -1.07. The van der Waals surface area contributed by atoms with Gasteiger partial charge in [-0.2, -0.15) is 0 Å². The lowest BCUT2D eigenvalue weighted by Crippen LogP contribution is -2.36. The van der Waals surface area contributed by atoms with Gasteiger partial charge in [0.2, 0.25) is 10.0 Å². The maximum atomic E-state index is 12.2. The Balaban J connectivity index is 2.19. The van der Waals surface area contributed by atoms with Crippen molar-refractivity contribution in [3.05, 3.63) is 23.8 Å². The monoisotopic (exact) mass is 268 g/mol. The van der Waals surface area contributed by atoms with Crippen LogP contribution in [0.4, 0.5) is 5.69 Å². The van der Waals surface area contributed by atoms with Crippen molar-refractivity contribution < 1.29 is 8.42 Å². The minimum atomic E-state index is -3.48. The van der Waals surface area contributed by atoms with Crippen LogP contribution in [0.3, 0.4) is 0 Å². The summed E-state index contributed by atoms with van der Waals surface area (Å²) in [6.07, 6.45) is 5.23. The van der Waals surface area contributed by atoms with Gasteiger partial charge in [0.25, 0.3) is 0 Å². The molecule has 100 valence electrons. The molecule has 0 bridgehead atoms. The van der Waals surface area contributed by atoms with Gasteiger partial charge in [0.1, 0.15) is 4.90 Å². The zero-order chi connectivity index (χ0) is 13.2. The van der Waals surface area contributed by atoms with Crippen molar-refractivity contribution in [2.45, 2.75) is 50.0 Å². The fourth-order valence-electron chi connectivity index (χ4n) is 2.42. The quantitative estimate of drug-likeness (QED) is 0.825. The zero-order valence-electron chi connectivity index (χ0n) is 10.6. The van der Waals surface area contributed by atoms with Crippen LogP contribution in [0.2, 0.25) is 0 Å². The van der Waals surface area contributed by atoms with Gasteiger partial charge in [-0.25, -0.2) is 13.1 Å². The fourth-order valence-corrected chi connectivity index (χ4v) is 3.83. The Bertz CT molecular complexity index is 520. The van der Waals surface area contributed by atoms with Crippen molar-refractivity contribution in [3.8, 4) is 0 Å². The summed E-state index contributed by atoms with van der Waals surface area (Å²) in [5.74, 6) is 0. The molecule has 0 saturated heterocycles. The molecule has 2 rings (SSSR count). The lowest BCUT2D eigenvalue weighted by Gasteiger charge is -2.23. The highest BCUT2D eigenvalue weighted by atomic mass is 32.2. The molecule has 0 aliphatic heterocycles. The molecule has 0 aromatic heterocycles. The van der Waals surface area contributed by atoms with Gasteiger partial charge >= 0.3 is 0 Å². The fraction of sp³-hybridized carbons (Fsp3) is 0.538. The largest absolute Gasteiger partial charge is 0.398 e. The second-order valence-electron chi connectivity index (χ2n) is 5.00. The molecular weight excluding hydrogens is 248 g/mol. The third-order valence-corrected chi connectivity index (χ3v) is 4.98. The third-order valence-electron chi connectivity index (χ3n) is 3.38. The van der Waals surface area contributed by atoms with Gasteiger partial charge in [-0.15, -0.1) is 0 Å². The Labute approximate surface area is 109 Å². The molecule has 4 nitrogen and oxygen atoms in total. The van der Waals surface area contributed by atoms with E-state index < -0.39 is 10.0 Å². The van der Waals surface area contributed by atoms with Crippen molar-refractivity contribution >= 4 is 15.7 Å². The van der Waals surface area contributed by atoms with E-state index in [2.05, 4.69) is 4.72 Å². The molecule has 0 unspecified atom stereocenters. The normalized spacial score (nSPS) is 17.8. The molecule has 1 aliphatic carbocycles. The summed E-state index contributed by atoms with van der Waals surface area (Å²) in [5.41, 5.74) is 7.07. The maximum absolute atomic E-state index is 12.2. The highest BCUT2D eigenvalue weighted by molar-refractivity contribution is 7.89. The van der Waals surface area contributed by atoms with Crippen LogP contribution in [0, 0.1) is 6.92 Å². The van der Waals surface area contributed by atoms with E-state index in [0.29, 0.717) is 5.69 Å². The van der Waals surface area contributed by atoms with Gasteiger partial charge in [-0.3, -0.25) is 0 Å². The van der Waals surface area contributed by atoms with Crippen LogP contribution in [0.15, 0.2) is 23.1 Å². The number of anilines is 1. The summed E-state index contributed by atoms with van der Waals surface area (Å²) in [6.45, 7) is 1.89. The average Bonchev–Trinajstić information content (AvgIpc) is 2.29. The standard InChI is InChI=1S/C13H20N2O2S/c1-10-7-8-13(12(14)9-10)18(16,17)15-11-5-3-2-4-6-11/h7-9,11,15H,2-6,14H2,1H3. The maximum Gasteiger partial charge on any atom is 0.242 e. The number of hydrogen-bond donors (Lipinski definition) is 2. The second kappa shape index (κ2) is 5.28. The van der Waals surface area contributed by atoms with Crippen molar-refractivity contribution in [3.63, 3.8) is 0 Å². The van der Waals surface area contributed by atoms with Crippen LogP contribution >= 0.6 is 0 Å². The summed E-state index contributed by atoms with van der Waals surface area (Å²) < 4.78 is 27.2. The van der Waals surface area contributed by atoms with Crippen molar-refractivity contribution in [2.24, 2.45) is 0 Å². The number of hydrogen-bond acceptors (Lipinski definition) is 3. The van der Waals surface area contributed by atoms with Crippen molar-refractivity contribution in [1.82, 2.24) is 4.72 Å². The van der Waals surface area contributed by atoms with Gasteiger partial charge < -0.3 is 5.73 Å². The number of rotatable bonds is 3. The zero-order valence-corrected chi connectivity index (χ0v) is 11.5. The van der Waals surface area contributed by atoms with Crippen molar-refractivity contribution in [1.29, 1.82) is 0 Å². The molecule has 0 radical (unpaired) electrons. The molecule has 1 aromatic carbocycles. The molecular formula is C13H20N2O2S. The van der Waals surface area contributed by atoms with E-state index in [1.165, 1.54) is 6.42 Å². The van der Waals surface area contributed by atoms with Crippen LogP contribution in [0.1, 0.15) is 37.7 Å². The van der Waals surface area contributed by atoms with Crippen LogP contribution < -0.4 is 10.5 Å². The van der Waals surface area contributed by atoms with Crippen LogP contribution in [0.5, 0.6) is 0 Å². The Morgan fingerprint density at radius 3 is 2.50 bits per heavy atom. The van der Waals surface area contributed by atoms with Crippen LogP contribution in [0.25, 0.3) is 0 Å². The molecule has 18 heavy (non-hydrogen) atoms. The van der Waals surface area contributed by atoms with Gasteiger partial charge in [0.05, 0.1) is 5.69 Å². The van der Waals surface area contributed by atoms with E-state index in [1.807, 2.05) is 6.92 Å². The van der Waals surface area contributed by atoms with Gasteiger partial charge in [-0.05, 0) is 37.5 Å². The van der Waals surface area contributed by atoms with E-state index >= 15 is 0 Å². The van der Waals surface area contributed by atoms with E-state index in [9.17, 15) is 8.42 Å². The Morgan fingerprint density at radius 2 is 1.89 bits per heavy atom. The summed E-state index contributed by atoms with van der Waals surface area (Å²) >= 11 is 0. The molecule has 0 amide bonds. The predicted molar refractivity (Wildman–Crippen MR) is 72.8 cm³/mol.